The number of anilines is 1. The van der Waals surface area contributed by atoms with E-state index in [1.54, 1.807) is 0 Å². The first-order valence-electron chi connectivity index (χ1n) is 9.48. The Hall–Kier alpha value is -2.24. The molecule has 0 spiro atoms. The van der Waals surface area contributed by atoms with E-state index < -0.39 is 0 Å². The molecule has 0 atom stereocenters. The van der Waals surface area contributed by atoms with Crippen molar-refractivity contribution >= 4 is 11.6 Å². The van der Waals surface area contributed by atoms with Crippen LogP contribution in [0.5, 0.6) is 0 Å². The number of nitrogens with one attached hydrogen (secondary N) is 1. The Bertz CT molecular complexity index is 731. The normalized spacial score (nSPS) is 18.2. The van der Waals surface area contributed by atoms with Crippen LogP contribution >= 0.6 is 0 Å². The van der Waals surface area contributed by atoms with Crippen LogP contribution in [0.3, 0.4) is 0 Å². The summed E-state index contributed by atoms with van der Waals surface area (Å²) in [6, 6.07) is 8.25. The molecule has 0 unspecified atom stereocenters. The molecular weight excluding hydrogens is 314 g/mol. The predicted molar refractivity (Wildman–Crippen MR) is 96.0 cm³/mol. The van der Waals surface area contributed by atoms with Gasteiger partial charge in [-0.25, -0.2) is 4.68 Å². The number of hydrogen-bond donors (Lipinski definition) is 1. The SMILES string of the molecule is O=C(CCC1CCCCC1)Nc1cccc(-c2nnnn2C2CC2)c1. The van der Waals surface area contributed by atoms with Crippen LogP contribution < -0.4 is 5.32 Å². The molecule has 1 heterocycles. The molecule has 0 bridgehead atoms. The van der Waals surface area contributed by atoms with Gasteiger partial charge in [-0.05, 0) is 47.7 Å². The third-order valence-corrected chi connectivity index (χ3v) is 5.29. The molecule has 132 valence electrons. The highest BCUT2D eigenvalue weighted by molar-refractivity contribution is 5.91. The number of nitrogens with zero attached hydrogens (tertiary/aromatic N) is 4. The lowest BCUT2D eigenvalue weighted by atomic mass is 9.86. The highest BCUT2D eigenvalue weighted by atomic mass is 16.1. The van der Waals surface area contributed by atoms with Crippen molar-refractivity contribution in [3.63, 3.8) is 0 Å². The number of aromatic nitrogens is 4. The minimum atomic E-state index is 0.101. The molecule has 25 heavy (non-hydrogen) atoms. The van der Waals surface area contributed by atoms with Crippen LogP contribution in [-0.2, 0) is 4.79 Å². The van der Waals surface area contributed by atoms with Crippen LogP contribution in [0.2, 0.25) is 0 Å². The molecular formula is C19H25N5O. The molecule has 1 amide bonds. The van der Waals surface area contributed by atoms with Crippen LogP contribution in [0.1, 0.15) is 63.8 Å². The maximum atomic E-state index is 12.3. The quantitative estimate of drug-likeness (QED) is 0.864. The number of carbonyl (C=O) groups is 1. The number of tetrazole rings is 1. The minimum Gasteiger partial charge on any atom is -0.326 e. The van der Waals surface area contributed by atoms with Crippen molar-refractivity contribution in [2.45, 2.75) is 63.8 Å². The van der Waals surface area contributed by atoms with Gasteiger partial charge in [0.1, 0.15) is 0 Å². The van der Waals surface area contributed by atoms with E-state index in [9.17, 15) is 4.79 Å². The van der Waals surface area contributed by atoms with Gasteiger partial charge in [-0.1, -0.05) is 44.2 Å². The third-order valence-electron chi connectivity index (χ3n) is 5.29. The Kier molecular flexibility index (Phi) is 4.76. The van der Waals surface area contributed by atoms with E-state index in [-0.39, 0.29) is 5.91 Å². The summed E-state index contributed by atoms with van der Waals surface area (Å²) in [6.07, 6.45) is 10.5. The second-order valence-electron chi connectivity index (χ2n) is 7.35. The lowest BCUT2D eigenvalue weighted by Crippen LogP contribution is -2.14. The Morgan fingerprint density at radius 2 is 2.00 bits per heavy atom. The van der Waals surface area contributed by atoms with Gasteiger partial charge < -0.3 is 5.32 Å². The fourth-order valence-corrected chi connectivity index (χ4v) is 3.72. The van der Waals surface area contributed by atoms with Crippen molar-refractivity contribution in [1.29, 1.82) is 0 Å². The first-order valence-corrected chi connectivity index (χ1v) is 9.48. The number of carbonyl (C=O) groups excluding carboxylic acids is 1. The first-order chi connectivity index (χ1) is 12.3. The molecule has 2 fully saturated rings. The molecule has 0 aliphatic heterocycles. The zero-order chi connectivity index (χ0) is 17.1. The average molecular weight is 339 g/mol. The summed E-state index contributed by atoms with van der Waals surface area (Å²) >= 11 is 0. The summed E-state index contributed by atoms with van der Waals surface area (Å²) in [5.74, 6) is 1.61. The van der Waals surface area contributed by atoms with Crippen LogP contribution in [0.25, 0.3) is 11.4 Å². The second kappa shape index (κ2) is 7.33. The summed E-state index contributed by atoms with van der Waals surface area (Å²) in [5, 5.41) is 15.1. The molecule has 1 N–H and O–H groups in total. The fourth-order valence-electron chi connectivity index (χ4n) is 3.72. The maximum Gasteiger partial charge on any atom is 0.224 e. The van der Waals surface area contributed by atoms with Crippen molar-refractivity contribution in [3.05, 3.63) is 24.3 Å². The van der Waals surface area contributed by atoms with Gasteiger partial charge >= 0.3 is 0 Å². The lowest BCUT2D eigenvalue weighted by Gasteiger charge is -2.21. The van der Waals surface area contributed by atoms with Crippen molar-refractivity contribution in [3.8, 4) is 11.4 Å². The van der Waals surface area contributed by atoms with Crippen LogP contribution in [0.15, 0.2) is 24.3 Å². The molecule has 2 saturated carbocycles. The van der Waals surface area contributed by atoms with Gasteiger partial charge in [0.05, 0.1) is 6.04 Å². The second-order valence-corrected chi connectivity index (χ2v) is 7.35. The van der Waals surface area contributed by atoms with Gasteiger partial charge in [-0.2, -0.15) is 0 Å². The van der Waals surface area contributed by atoms with Crippen molar-refractivity contribution in [2.75, 3.05) is 5.32 Å². The van der Waals surface area contributed by atoms with E-state index in [0.29, 0.717) is 12.5 Å². The van der Waals surface area contributed by atoms with Gasteiger partial charge in [-0.3, -0.25) is 4.79 Å². The molecule has 4 rings (SSSR count). The van der Waals surface area contributed by atoms with Gasteiger partial charge in [0, 0.05) is 17.7 Å². The molecule has 6 heteroatoms. The predicted octanol–water partition coefficient (Wildman–Crippen LogP) is 3.97. The molecule has 6 nitrogen and oxygen atoms in total. The van der Waals surface area contributed by atoms with E-state index in [2.05, 4.69) is 20.8 Å². The summed E-state index contributed by atoms with van der Waals surface area (Å²) in [6.45, 7) is 0. The summed E-state index contributed by atoms with van der Waals surface area (Å²) in [7, 11) is 0. The summed E-state index contributed by atoms with van der Waals surface area (Å²) in [4.78, 5) is 12.3. The van der Waals surface area contributed by atoms with Gasteiger partial charge in [-0.15, -0.1) is 5.10 Å². The van der Waals surface area contributed by atoms with E-state index in [4.69, 9.17) is 0 Å². The number of rotatable bonds is 6. The standard InChI is InChI=1S/C19H25N5O/c25-18(12-9-14-5-2-1-3-6-14)20-16-8-4-7-15(13-16)19-21-22-23-24(19)17-10-11-17/h4,7-8,13-14,17H,1-3,5-6,9-12H2,(H,20,25). The van der Waals surface area contributed by atoms with E-state index >= 15 is 0 Å². The van der Waals surface area contributed by atoms with Crippen LogP contribution in [-0.4, -0.2) is 26.1 Å². The van der Waals surface area contributed by atoms with Crippen LogP contribution in [0.4, 0.5) is 5.69 Å². The van der Waals surface area contributed by atoms with E-state index in [1.807, 2.05) is 28.9 Å². The van der Waals surface area contributed by atoms with Crippen molar-refractivity contribution in [1.82, 2.24) is 20.2 Å². The highest BCUT2D eigenvalue weighted by Gasteiger charge is 2.28. The monoisotopic (exact) mass is 339 g/mol. The summed E-state index contributed by atoms with van der Waals surface area (Å²) in [5.41, 5.74) is 1.76. The first kappa shape index (κ1) is 16.2. The molecule has 1 aromatic heterocycles. The Balaban J connectivity index is 1.37. The van der Waals surface area contributed by atoms with Crippen LogP contribution in [0, 0.1) is 5.92 Å². The Morgan fingerprint density at radius 1 is 1.16 bits per heavy atom. The fraction of sp³-hybridized carbons (Fsp3) is 0.579. The minimum absolute atomic E-state index is 0.101. The molecule has 0 radical (unpaired) electrons. The van der Waals surface area contributed by atoms with Gasteiger partial charge in [0.2, 0.25) is 5.91 Å². The molecule has 1 aromatic carbocycles. The van der Waals surface area contributed by atoms with Crippen molar-refractivity contribution < 1.29 is 4.79 Å². The topological polar surface area (TPSA) is 72.7 Å². The van der Waals surface area contributed by atoms with E-state index in [1.165, 1.54) is 32.1 Å². The lowest BCUT2D eigenvalue weighted by molar-refractivity contribution is -0.116. The largest absolute Gasteiger partial charge is 0.326 e. The number of benzene rings is 1. The smallest absolute Gasteiger partial charge is 0.224 e. The molecule has 2 aliphatic carbocycles. The van der Waals surface area contributed by atoms with Gasteiger partial charge in [0.25, 0.3) is 0 Å². The van der Waals surface area contributed by atoms with E-state index in [0.717, 1.165) is 42.3 Å². The number of hydrogen-bond acceptors (Lipinski definition) is 4. The zero-order valence-electron chi connectivity index (χ0n) is 14.5. The highest BCUT2D eigenvalue weighted by Crippen LogP contribution is 2.36. The van der Waals surface area contributed by atoms with Crippen molar-refractivity contribution in [2.24, 2.45) is 5.92 Å². The molecule has 2 aromatic rings. The summed E-state index contributed by atoms with van der Waals surface area (Å²) < 4.78 is 1.89. The zero-order valence-corrected chi connectivity index (χ0v) is 14.5. The average Bonchev–Trinajstić information content (AvgIpc) is 3.37. The Labute approximate surface area is 148 Å². The molecule has 0 saturated heterocycles. The Morgan fingerprint density at radius 3 is 2.80 bits per heavy atom. The number of amides is 1. The molecule has 2 aliphatic rings. The van der Waals surface area contributed by atoms with Gasteiger partial charge in [0.15, 0.2) is 5.82 Å². The third kappa shape index (κ3) is 4.06. The maximum absolute atomic E-state index is 12.3.